The van der Waals surface area contributed by atoms with E-state index in [0.717, 1.165) is 6.42 Å². The summed E-state index contributed by atoms with van der Waals surface area (Å²) in [4.78, 5) is 11.9. The molecular formula is C17H31NO. The molecule has 0 saturated heterocycles. The van der Waals surface area contributed by atoms with Gasteiger partial charge in [0.1, 0.15) is 0 Å². The highest BCUT2D eigenvalue weighted by atomic mass is 16.1. The highest BCUT2D eigenvalue weighted by molar-refractivity contribution is 5.85. The second kappa shape index (κ2) is 6.39. The zero-order valence-corrected chi connectivity index (χ0v) is 12.8. The number of nitrogens with two attached hydrogens (primary N) is 1. The van der Waals surface area contributed by atoms with Crippen molar-refractivity contribution in [3.63, 3.8) is 0 Å². The molecule has 2 saturated carbocycles. The molecule has 0 aromatic rings. The van der Waals surface area contributed by atoms with Crippen molar-refractivity contribution < 1.29 is 4.79 Å². The van der Waals surface area contributed by atoms with Gasteiger partial charge in [-0.1, -0.05) is 33.1 Å². The summed E-state index contributed by atoms with van der Waals surface area (Å²) in [6, 6.07) is -0.217. The molecule has 1 spiro atoms. The summed E-state index contributed by atoms with van der Waals surface area (Å²) in [5.74, 6) is 1.03. The Morgan fingerprint density at radius 3 is 2.21 bits per heavy atom. The lowest BCUT2D eigenvalue weighted by atomic mass is 9.62. The molecule has 2 nitrogen and oxygen atoms in total. The summed E-state index contributed by atoms with van der Waals surface area (Å²) in [6.07, 6.45) is 13.5. The van der Waals surface area contributed by atoms with Gasteiger partial charge in [0.2, 0.25) is 0 Å². The zero-order chi connectivity index (χ0) is 13.9. The van der Waals surface area contributed by atoms with Crippen LogP contribution in [0.15, 0.2) is 0 Å². The van der Waals surface area contributed by atoms with Crippen molar-refractivity contribution >= 4 is 5.78 Å². The molecule has 0 bridgehead atoms. The normalized spacial score (nSPS) is 25.7. The molecule has 1 atom stereocenters. The first-order valence-corrected chi connectivity index (χ1v) is 8.32. The third-order valence-electron chi connectivity index (χ3n) is 5.60. The Labute approximate surface area is 118 Å². The van der Waals surface area contributed by atoms with E-state index in [4.69, 9.17) is 5.73 Å². The molecule has 2 rings (SSSR count). The van der Waals surface area contributed by atoms with Crippen LogP contribution in [0.4, 0.5) is 0 Å². The SMILES string of the molecule is CC(C)C(=O)C(N)CC1CCC2(CCCCC2)CC1. The van der Waals surface area contributed by atoms with Crippen molar-refractivity contribution in [2.75, 3.05) is 0 Å². The first-order chi connectivity index (χ1) is 9.02. The molecule has 19 heavy (non-hydrogen) atoms. The average Bonchev–Trinajstić information content (AvgIpc) is 2.41. The van der Waals surface area contributed by atoms with E-state index >= 15 is 0 Å². The summed E-state index contributed by atoms with van der Waals surface area (Å²) in [7, 11) is 0. The topological polar surface area (TPSA) is 43.1 Å². The second-order valence-electron chi connectivity index (χ2n) is 7.40. The lowest BCUT2D eigenvalue weighted by Gasteiger charge is -2.43. The summed E-state index contributed by atoms with van der Waals surface area (Å²) in [6.45, 7) is 3.92. The van der Waals surface area contributed by atoms with Gasteiger partial charge in [0.05, 0.1) is 6.04 Å². The van der Waals surface area contributed by atoms with Crippen LogP contribution in [0.25, 0.3) is 0 Å². The fourth-order valence-corrected chi connectivity index (χ4v) is 4.23. The van der Waals surface area contributed by atoms with Crippen LogP contribution in [-0.4, -0.2) is 11.8 Å². The van der Waals surface area contributed by atoms with Crippen molar-refractivity contribution in [1.82, 2.24) is 0 Å². The van der Waals surface area contributed by atoms with E-state index in [1.165, 1.54) is 57.8 Å². The molecule has 2 aliphatic carbocycles. The first-order valence-electron chi connectivity index (χ1n) is 8.32. The van der Waals surface area contributed by atoms with Crippen LogP contribution in [0.5, 0.6) is 0 Å². The Morgan fingerprint density at radius 2 is 1.68 bits per heavy atom. The maximum atomic E-state index is 11.9. The number of ketones is 1. The zero-order valence-electron chi connectivity index (χ0n) is 12.8. The van der Waals surface area contributed by atoms with Crippen molar-refractivity contribution in [2.24, 2.45) is 23.0 Å². The highest BCUT2D eigenvalue weighted by Gasteiger charge is 2.36. The minimum Gasteiger partial charge on any atom is -0.321 e. The lowest BCUT2D eigenvalue weighted by molar-refractivity contribution is -0.123. The maximum Gasteiger partial charge on any atom is 0.152 e. The van der Waals surface area contributed by atoms with Crippen LogP contribution in [0.1, 0.15) is 78.1 Å². The Bertz CT molecular complexity index is 294. The molecule has 0 radical (unpaired) electrons. The molecular weight excluding hydrogens is 234 g/mol. The number of Topliss-reactive ketones (excluding diaryl/α,β-unsaturated/α-hetero) is 1. The average molecular weight is 265 g/mol. The summed E-state index contributed by atoms with van der Waals surface area (Å²) < 4.78 is 0. The van der Waals surface area contributed by atoms with Gasteiger partial charge in [0.15, 0.2) is 5.78 Å². The molecule has 2 heteroatoms. The number of hydrogen-bond acceptors (Lipinski definition) is 2. The van der Waals surface area contributed by atoms with Gasteiger partial charge in [0, 0.05) is 5.92 Å². The molecule has 0 aliphatic heterocycles. The number of hydrogen-bond donors (Lipinski definition) is 1. The molecule has 2 aliphatic rings. The van der Waals surface area contributed by atoms with Crippen LogP contribution in [0, 0.1) is 17.3 Å². The van der Waals surface area contributed by atoms with E-state index in [1.807, 2.05) is 13.8 Å². The minimum atomic E-state index is -0.217. The fourth-order valence-electron chi connectivity index (χ4n) is 4.23. The van der Waals surface area contributed by atoms with Crippen LogP contribution >= 0.6 is 0 Å². The molecule has 110 valence electrons. The van der Waals surface area contributed by atoms with E-state index in [9.17, 15) is 4.79 Å². The van der Waals surface area contributed by atoms with Crippen molar-refractivity contribution in [3.05, 3.63) is 0 Å². The van der Waals surface area contributed by atoms with Gasteiger partial charge in [-0.2, -0.15) is 0 Å². The summed E-state index contributed by atoms with van der Waals surface area (Å²) >= 11 is 0. The minimum absolute atomic E-state index is 0.0864. The third-order valence-corrected chi connectivity index (χ3v) is 5.60. The Balaban J connectivity index is 1.78. The molecule has 0 aromatic carbocycles. The molecule has 1 unspecified atom stereocenters. The van der Waals surface area contributed by atoms with Gasteiger partial charge in [-0.25, -0.2) is 0 Å². The standard InChI is InChI=1S/C17H31NO/c1-13(2)16(19)15(18)12-14-6-10-17(11-7-14)8-4-3-5-9-17/h13-15H,3-12,18H2,1-2H3. The van der Waals surface area contributed by atoms with Gasteiger partial charge >= 0.3 is 0 Å². The summed E-state index contributed by atoms with van der Waals surface area (Å²) in [5.41, 5.74) is 6.75. The molecule has 0 heterocycles. The van der Waals surface area contributed by atoms with Gasteiger partial charge in [-0.05, 0) is 56.3 Å². The second-order valence-corrected chi connectivity index (χ2v) is 7.40. The van der Waals surface area contributed by atoms with Gasteiger partial charge in [-0.15, -0.1) is 0 Å². The predicted octanol–water partition coefficient (Wildman–Crippen LogP) is 4.07. The molecule has 2 fully saturated rings. The van der Waals surface area contributed by atoms with Crippen molar-refractivity contribution in [2.45, 2.75) is 84.1 Å². The number of carbonyl (C=O) groups excluding carboxylic acids is 1. The highest BCUT2D eigenvalue weighted by Crippen LogP contribution is 2.49. The van der Waals surface area contributed by atoms with E-state index in [1.54, 1.807) is 0 Å². The molecule has 0 aromatic heterocycles. The maximum absolute atomic E-state index is 11.9. The Morgan fingerprint density at radius 1 is 1.11 bits per heavy atom. The number of carbonyl (C=O) groups is 1. The van der Waals surface area contributed by atoms with Crippen molar-refractivity contribution in [3.8, 4) is 0 Å². The van der Waals surface area contributed by atoms with Crippen LogP contribution in [-0.2, 0) is 4.79 Å². The van der Waals surface area contributed by atoms with E-state index in [-0.39, 0.29) is 17.7 Å². The van der Waals surface area contributed by atoms with E-state index in [2.05, 4.69) is 0 Å². The summed E-state index contributed by atoms with van der Waals surface area (Å²) in [5, 5.41) is 0. The van der Waals surface area contributed by atoms with Crippen LogP contribution in [0.3, 0.4) is 0 Å². The quantitative estimate of drug-likeness (QED) is 0.832. The lowest BCUT2D eigenvalue weighted by Crippen LogP contribution is -2.37. The predicted molar refractivity (Wildman–Crippen MR) is 79.9 cm³/mol. The van der Waals surface area contributed by atoms with Crippen molar-refractivity contribution in [1.29, 1.82) is 0 Å². The monoisotopic (exact) mass is 265 g/mol. The van der Waals surface area contributed by atoms with Crippen LogP contribution < -0.4 is 5.73 Å². The van der Waals surface area contributed by atoms with Gasteiger partial charge in [0.25, 0.3) is 0 Å². The molecule has 0 amide bonds. The Kier molecular flexibility index (Phi) is 5.05. The first kappa shape index (κ1) is 15.0. The van der Waals surface area contributed by atoms with Gasteiger partial charge < -0.3 is 5.73 Å². The van der Waals surface area contributed by atoms with Crippen LogP contribution in [0.2, 0.25) is 0 Å². The van der Waals surface area contributed by atoms with E-state index < -0.39 is 0 Å². The van der Waals surface area contributed by atoms with E-state index in [0.29, 0.717) is 11.3 Å². The molecule has 2 N–H and O–H groups in total. The smallest absolute Gasteiger partial charge is 0.152 e. The number of rotatable bonds is 4. The van der Waals surface area contributed by atoms with Gasteiger partial charge in [-0.3, -0.25) is 4.79 Å². The third kappa shape index (κ3) is 3.81. The Hall–Kier alpha value is -0.370. The largest absolute Gasteiger partial charge is 0.321 e. The fraction of sp³-hybridized carbons (Fsp3) is 0.941.